The zero-order chi connectivity index (χ0) is 19.2. The number of quaternary nitrogens is 1. The predicted octanol–water partition coefficient (Wildman–Crippen LogP) is 1.92. The third-order valence-electron chi connectivity index (χ3n) is 4.99. The van der Waals surface area contributed by atoms with E-state index in [2.05, 4.69) is 35.3 Å². The summed E-state index contributed by atoms with van der Waals surface area (Å²) in [5.41, 5.74) is 3.54. The molecule has 6 heteroatoms. The highest BCUT2D eigenvalue weighted by molar-refractivity contribution is 7.80. The Morgan fingerprint density at radius 1 is 1.19 bits per heavy atom. The SMILES string of the molecule is COc1ccc(C)cc1C[NH+]1CCN(C(=S)NCc2ccc(F)cc2)CC1. The standard InChI is InChI=1S/C21H26FN3OS/c1-16-3-8-20(26-2)18(13-16)15-24-9-11-25(12-10-24)21(27)23-14-17-4-6-19(22)7-5-17/h3-8,13H,9-12,14-15H2,1-2H3,(H,23,27)/p+1. The molecule has 0 radical (unpaired) electrons. The maximum absolute atomic E-state index is 13.0. The molecule has 144 valence electrons. The molecule has 0 amide bonds. The molecular formula is C21H27FN3OS+. The first-order valence-electron chi connectivity index (χ1n) is 9.29. The summed E-state index contributed by atoms with van der Waals surface area (Å²) in [6, 6.07) is 12.9. The zero-order valence-corrected chi connectivity index (χ0v) is 16.7. The van der Waals surface area contributed by atoms with Crippen LogP contribution in [0.5, 0.6) is 5.75 Å². The second-order valence-electron chi connectivity index (χ2n) is 7.01. The fourth-order valence-electron chi connectivity index (χ4n) is 3.41. The number of hydrogen-bond donors (Lipinski definition) is 2. The summed E-state index contributed by atoms with van der Waals surface area (Å²) in [6.07, 6.45) is 0. The van der Waals surface area contributed by atoms with Gasteiger partial charge in [-0.05, 0) is 49.0 Å². The van der Waals surface area contributed by atoms with Gasteiger partial charge in [0.25, 0.3) is 0 Å². The number of thiocarbonyl (C=S) groups is 1. The van der Waals surface area contributed by atoms with E-state index in [9.17, 15) is 4.39 Å². The van der Waals surface area contributed by atoms with Crippen LogP contribution in [0.3, 0.4) is 0 Å². The highest BCUT2D eigenvalue weighted by atomic mass is 32.1. The summed E-state index contributed by atoms with van der Waals surface area (Å²) in [5, 5.41) is 4.05. The van der Waals surface area contributed by atoms with Crippen molar-refractivity contribution in [1.82, 2.24) is 10.2 Å². The Hall–Kier alpha value is -2.18. The van der Waals surface area contributed by atoms with Crippen LogP contribution in [-0.4, -0.2) is 43.3 Å². The average molecular weight is 389 g/mol. The molecule has 3 rings (SSSR count). The minimum atomic E-state index is -0.217. The zero-order valence-electron chi connectivity index (χ0n) is 15.9. The van der Waals surface area contributed by atoms with Crippen molar-refractivity contribution in [3.05, 3.63) is 65.0 Å². The first kappa shape index (κ1) is 19.6. The van der Waals surface area contributed by atoms with Crippen molar-refractivity contribution in [2.24, 2.45) is 0 Å². The van der Waals surface area contributed by atoms with Crippen molar-refractivity contribution >= 4 is 17.3 Å². The minimum absolute atomic E-state index is 0.217. The van der Waals surface area contributed by atoms with Crippen LogP contribution in [0.2, 0.25) is 0 Å². The summed E-state index contributed by atoms with van der Waals surface area (Å²) in [7, 11) is 1.73. The summed E-state index contributed by atoms with van der Waals surface area (Å²) in [6.45, 7) is 7.63. The van der Waals surface area contributed by atoms with Gasteiger partial charge in [-0.25, -0.2) is 4.39 Å². The molecule has 0 atom stereocenters. The second kappa shape index (κ2) is 9.15. The molecule has 27 heavy (non-hydrogen) atoms. The fraction of sp³-hybridized carbons (Fsp3) is 0.381. The van der Waals surface area contributed by atoms with Crippen molar-refractivity contribution < 1.29 is 14.0 Å². The minimum Gasteiger partial charge on any atom is -0.496 e. The number of piperazine rings is 1. The first-order chi connectivity index (χ1) is 13.0. The van der Waals surface area contributed by atoms with Gasteiger partial charge < -0.3 is 19.9 Å². The van der Waals surface area contributed by atoms with Crippen molar-refractivity contribution in [2.75, 3.05) is 33.3 Å². The molecule has 0 aromatic heterocycles. The van der Waals surface area contributed by atoms with Crippen molar-refractivity contribution in [3.8, 4) is 5.75 Å². The molecule has 1 heterocycles. The number of hydrogen-bond acceptors (Lipinski definition) is 2. The van der Waals surface area contributed by atoms with E-state index in [0.717, 1.165) is 49.1 Å². The Bertz CT molecular complexity index is 773. The molecule has 2 aromatic rings. The number of nitrogens with zero attached hydrogens (tertiary/aromatic N) is 1. The smallest absolute Gasteiger partial charge is 0.169 e. The van der Waals surface area contributed by atoms with Crippen LogP contribution >= 0.6 is 12.2 Å². The van der Waals surface area contributed by atoms with Crippen LogP contribution in [0.25, 0.3) is 0 Å². The van der Waals surface area contributed by atoms with Crippen LogP contribution in [0.15, 0.2) is 42.5 Å². The molecule has 1 saturated heterocycles. The Kier molecular flexibility index (Phi) is 6.63. The number of methoxy groups -OCH3 is 1. The molecule has 0 spiro atoms. The summed E-state index contributed by atoms with van der Waals surface area (Å²) in [4.78, 5) is 3.76. The Morgan fingerprint density at radius 3 is 2.56 bits per heavy atom. The van der Waals surface area contributed by atoms with E-state index < -0.39 is 0 Å². The van der Waals surface area contributed by atoms with E-state index >= 15 is 0 Å². The fourth-order valence-corrected chi connectivity index (χ4v) is 3.66. The number of benzene rings is 2. The number of nitrogens with one attached hydrogen (secondary N) is 2. The Morgan fingerprint density at radius 2 is 1.89 bits per heavy atom. The first-order valence-corrected chi connectivity index (χ1v) is 9.70. The van der Waals surface area contributed by atoms with Crippen LogP contribution in [0.1, 0.15) is 16.7 Å². The average Bonchev–Trinajstić information content (AvgIpc) is 2.68. The Balaban J connectivity index is 1.47. The largest absolute Gasteiger partial charge is 0.496 e. The number of aryl methyl sites for hydroxylation is 1. The van der Waals surface area contributed by atoms with Gasteiger partial charge in [-0.2, -0.15) is 0 Å². The molecular weight excluding hydrogens is 361 g/mol. The molecule has 1 aliphatic rings. The quantitative estimate of drug-likeness (QED) is 0.766. The predicted molar refractivity (Wildman–Crippen MR) is 110 cm³/mol. The molecule has 0 aliphatic carbocycles. The number of halogens is 1. The van der Waals surface area contributed by atoms with E-state index in [4.69, 9.17) is 17.0 Å². The van der Waals surface area contributed by atoms with Gasteiger partial charge in [-0.3, -0.25) is 0 Å². The van der Waals surface area contributed by atoms with Crippen LogP contribution in [0.4, 0.5) is 4.39 Å². The summed E-state index contributed by atoms with van der Waals surface area (Å²) in [5.74, 6) is 0.748. The van der Waals surface area contributed by atoms with E-state index in [1.54, 1.807) is 19.2 Å². The highest BCUT2D eigenvalue weighted by Crippen LogP contribution is 2.18. The van der Waals surface area contributed by atoms with Crippen LogP contribution < -0.4 is 15.0 Å². The third-order valence-corrected chi connectivity index (χ3v) is 5.39. The van der Waals surface area contributed by atoms with Crippen LogP contribution in [0, 0.1) is 12.7 Å². The molecule has 2 N–H and O–H groups in total. The summed E-state index contributed by atoms with van der Waals surface area (Å²) < 4.78 is 18.5. The lowest BCUT2D eigenvalue weighted by molar-refractivity contribution is -0.917. The van der Waals surface area contributed by atoms with E-state index in [1.807, 2.05) is 0 Å². The second-order valence-corrected chi connectivity index (χ2v) is 7.40. The highest BCUT2D eigenvalue weighted by Gasteiger charge is 2.22. The molecule has 0 bridgehead atoms. The van der Waals surface area contributed by atoms with Gasteiger partial charge in [0.15, 0.2) is 5.11 Å². The molecule has 2 aromatic carbocycles. The third kappa shape index (κ3) is 5.40. The van der Waals surface area contributed by atoms with Crippen molar-refractivity contribution in [2.45, 2.75) is 20.0 Å². The van der Waals surface area contributed by atoms with Gasteiger partial charge in [0.1, 0.15) is 18.1 Å². The Labute approximate surface area is 165 Å². The number of rotatable bonds is 5. The van der Waals surface area contributed by atoms with Gasteiger partial charge in [-0.15, -0.1) is 0 Å². The molecule has 0 unspecified atom stereocenters. The normalized spacial score (nSPS) is 14.9. The maximum Gasteiger partial charge on any atom is 0.169 e. The van der Waals surface area contributed by atoms with Gasteiger partial charge >= 0.3 is 0 Å². The van der Waals surface area contributed by atoms with E-state index in [0.29, 0.717) is 6.54 Å². The van der Waals surface area contributed by atoms with Crippen molar-refractivity contribution in [1.29, 1.82) is 0 Å². The molecule has 0 saturated carbocycles. The molecule has 1 fully saturated rings. The van der Waals surface area contributed by atoms with Gasteiger partial charge in [0, 0.05) is 12.1 Å². The lowest BCUT2D eigenvalue weighted by Gasteiger charge is -2.34. The van der Waals surface area contributed by atoms with Crippen LogP contribution in [-0.2, 0) is 13.1 Å². The van der Waals surface area contributed by atoms with Gasteiger partial charge in [-0.1, -0.05) is 23.8 Å². The lowest BCUT2D eigenvalue weighted by atomic mass is 10.1. The van der Waals surface area contributed by atoms with Gasteiger partial charge in [0.2, 0.25) is 0 Å². The lowest BCUT2D eigenvalue weighted by Crippen LogP contribution is -3.13. The van der Waals surface area contributed by atoms with Gasteiger partial charge in [0.05, 0.1) is 33.3 Å². The monoisotopic (exact) mass is 388 g/mol. The number of ether oxygens (including phenoxy) is 1. The maximum atomic E-state index is 13.0. The van der Waals surface area contributed by atoms with E-state index in [-0.39, 0.29) is 5.82 Å². The summed E-state index contributed by atoms with van der Waals surface area (Å²) >= 11 is 5.54. The van der Waals surface area contributed by atoms with E-state index in [1.165, 1.54) is 28.2 Å². The molecule has 1 aliphatic heterocycles. The molecule has 4 nitrogen and oxygen atoms in total. The van der Waals surface area contributed by atoms with Crippen molar-refractivity contribution in [3.63, 3.8) is 0 Å². The topological polar surface area (TPSA) is 28.9 Å².